The molecule has 0 spiro atoms. The number of anilines is 1. The first-order chi connectivity index (χ1) is 14.6. The van der Waals surface area contributed by atoms with Crippen LogP contribution in [0.2, 0.25) is 0 Å². The van der Waals surface area contributed by atoms with Crippen molar-refractivity contribution in [2.45, 2.75) is 32.4 Å². The van der Waals surface area contributed by atoms with E-state index in [0.29, 0.717) is 5.95 Å². The fourth-order valence-corrected chi connectivity index (χ4v) is 3.34. The van der Waals surface area contributed by atoms with Crippen LogP contribution in [0.1, 0.15) is 24.5 Å². The molecule has 152 valence electrons. The van der Waals surface area contributed by atoms with E-state index in [2.05, 4.69) is 39.3 Å². The fraction of sp³-hybridized carbons (Fsp3) is 0.217. The lowest BCUT2D eigenvalue weighted by Gasteiger charge is -2.14. The van der Waals surface area contributed by atoms with Gasteiger partial charge in [0.2, 0.25) is 5.95 Å². The first kappa shape index (κ1) is 19.6. The highest BCUT2D eigenvalue weighted by atomic mass is 16.2. The number of nitrogens with zero attached hydrogens (tertiary/aromatic N) is 3. The Morgan fingerprint density at radius 3 is 2.37 bits per heavy atom. The monoisotopic (exact) mass is 401 g/mol. The molecule has 1 atom stereocenters. The van der Waals surface area contributed by atoms with Gasteiger partial charge in [0.05, 0.1) is 6.54 Å². The SMILES string of the molecule is C[C@H](CCc1ccccc1)Nc1ncc2c(=O)n(Cc3ccccc3)c(=O)[nH]c2n1. The second kappa shape index (κ2) is 8.73. The average molecular weight is 401 g/mol. The molecule has 0 aliphatic carbocycles. The average Bonchev–Trinajstić information content (AvgIpc) is 2.76. The third kappa shape index (κ3) is 4.46. The molecule has 7 heteroatoms. The summed E-state index contributed by atoms with van der Waals surface area (Å²) in [5, 5.41) is 3.53. The van der Waals surface area contributed by atoms with Gasteiger partial charge in [-0.15, -0.1) is 0 Å². The van der Waals surface area contributed by atoms with E-state index in [9.17, 15) is 9.59 Å². The van der Waals surface area contributed by atoms with Gasteiger partial charge in [-0.1, -0.05) is 60.7 Å². The Hall–Kier alpha value is -3.74. The van der Waals surface area contributed by atoms with Gasteiger partial charge in [-0.25, -0.2) is 9.78 Å². The van der Waals surface area contributed by atoms with Crippen LogP contribution in [0.4, 0.5) is 5.95 Å². The molecule has 0 aliphatic rings. The molecule has 0 radical (unpaired) electrons. The molecule has 0 fully saturated rings. The standard InChI is InChI=1S/C23H23N5O2/c1-16(12-13-17-8-4-2-5-9-17)25-22-24-14-19-20(26-22)27-23(30)28(21(19)29)15-18-10-6-3-7-11-18/h2-11,14,16H,12-13,15H2,1H3,(H2,24,25,26,27,30)/t16-/m1/s1. The van der Waals surface area contributed by atoms with Crippen molar-refractivity contribution in [3.63, 3.8) is 0 Å². The van der Waals surface area contributed by atoms with E-state index in [-0.39, 0.29) is 23.6 Å². The van der Waals surface area contributed by atoms with Crippen LogP contribution in [0.3, 0.4) is 0 Å². The van der Waals surface area contributed by atoms with Crippen LogP contribution in [-0.2, 0) is 13.0 Å². The topological polar surface area (TPSA) is 92.7 Å². The van der Waals surface area contributed by atoms with Gasteiger partial charge in [-0.05, 0) is 30.9 Å². The highest BCUT2D eigenvalue weighted by molar-refractivity contribution is 5.73. The largest absolute Gasteiger partial charge is 0.352 e. The Bertz CT molecular complexity index is 1250. The van der Waals surface area contributed by atoms with Crippen LogP contribution in [-0.4, -0.2) is 25.6 Å². The Morgan fingerprint density at radius 1 is 1.00 bits per heavy atom. The smallest absolute Gasteiger partial charge is 0.330 e. The van der Waals surface area contributed by atoms with Crippen LogP contribution in [0, 0.1) is 0 Å². The van der Waals surface area contributed by atoms with E-state index in [0.717, 1.165) is 23.0 Å². The highest BCUT2D eigenvalue weighted by Gasteiger charge is 2.12. The van der Waals surface area contributed by atoms with Gasteiger partial charge in [0.1, 0.15) is 5.39 Å². The van der Waals surface area contributed by atoms with E-state index in [1.54, 1.807) is 0 Å². The number of hydrogen-bond acceptors (Lipinski definition) is 5. The van der Waals surface area contributed by atoms with E-state index >= 15 is 0 Å². The Balaban J connectivity index is 1.52. The maximum absolute atomic E-state index is 12.8. The molecule has 7 nitrogen and oxygen atoms in total. The van der Waals surface area contributed by atoms with E-state index < -0.39 is 11.2 Å². The Kier molecular flexibility index (Phi) is 5.70. The van der Waals surface area contributed by atoms with Crippen LogP contribution in [0.25, 0.3) is 11.0 Å². The van der Waals surface area contributed by atoms with E-state index in [1.807, 2.05) is 48.5 Å². The quantitative estimate of drug-likeness (QED) is 0.497. The van der Waals surface area contributed by atoms with Crippen LogP contribution in [0.15, 0.2) is 76.4 Å². The summed E-state index contributed by atoms with van der Waals surface area (Å²) in [6.07, 6.45) is 3.30. The zero-order valence-electron chi connectivity index (χ0n) is 16.7. The molecule has 0 saturated heterocycles. The zero-order chi connectivity index (χ0) is 20.9. The van der Waals surface area contributed by atoms with Crippen LogP contribution in [0.5, 0.6) is 0 Å². The van der Waals surface area contributed by atoms with Crippen molar-refractivity contribution in [2.75, 3.05) is 5.32 Å². The number of rotatable bonds is 7. The van der Waals surface area contributed by atoms with Crippen LogP contribution >= 0.6 is 0 Å². The van der Waals surface area contributed by atoms with Crippen molar-refractivity contribution in [3.8, 4) is 0 Å². The highest BCUT2D eigenvalue weighted by Crippen LogP contribution is 2.10. The summed E-state index contributed by atoms with van der Waals surface area (Å²) in [6.45, 7) is 2.25. The Labute approximate surface area is 173 Å². The normalized spacial score (nSPS) is 12.0. The molecule has 2 aromatic heterocycles. The molecule has 0 saturated carbocycles. The second-order valence-electron chi connectivity index (χ2n) is 7.33. The first-order valence-corrected chi connectivity index (χ1v) is 9.94. The molecule has 0 bridgehead atoms. The van der Waals surface area contributed by atoms with Gasteiger partial charge < -0.3 is 5.32 Å². The van der Waals surface area contributed by atoms with Gasteiger partial charge in [-0.3, -0.25) is 14.3 Å². The molecule has 2 aromatic carbocycles. The van der Waals surface area contributed by atoms with Crippen molar-refractivity contribution in [3.05, 3.63) is 98.8 Å². The molecule has 2 heterocycles. The summed E-state index contributed by atoms with van der Waals surface area (Å²) >= 11 is 0. The number of benzene rings is 2. The molecular formula is C23H23N5O2. The third-order valence-corrected chi connectivity index (χ3v) is 5.00. The molecule has 0 aliphatic heterocycles. The lowest BCUT2D eigenvalue weighted by molar-refractivity contribution is 0.696. The minimum atomic E-state index is -0.488. The van der Waals surface area contributed by atoms with E-state index in [1.165, 1.54) is 11.8 Å². The van der Waals surface area contributed by atoms with Gasteiger partial charge in [0.25, 0.3) is 5.56 Å². The second-order valence-corrected chi connectivity index (χ2v) is 7.33. The van der Waals surface area contributed by atoms with Crippen molar-refractivity contribution in [1.82, 2.24) is 19.5 Å². The van der Waals surface area contributed by atoms with Crippen molar-refractivity contribution in [2.24, 2.45) is 0 Å². The minimum absolute atomic E-state index is 0.132. The molecule has 2 N–H and O–H groups in total. The number of aromatic amines is 1. The summed E-state index contributed by atoms with van der Waals surface area (Å²) in [4.78, 5) is 36.6. The zero-order valence-corrected chi connectivity index (χ0v) is 16.7. The molecular weight excluding hydrogens is 378 g/mol. The maximum atomic E-state index is 12.8. The van der Waals surface area contributed by atoms with Gasteiger partial charge >= 0.3 is 5.69 Å². The number of hydrogen-bond donors (Lipinski definition) is 2. The fourth-order valence-electron chi connectivity index (χ4n) is 3.34. The maximum Gasteiger partial charge on any atom is 0.330 e. The molecule has 0 amide bonds. The summed E-state index contributed by atoms with van der Waals surface area (Å²) in [5.41, 5.74) is 1.49. The third-order valence-electron chi connectivity index (χ3n) is 5.00. The van der Waals surface area contributed by atoms with Gasteiger partial charge in [-0.2, -0.15) is 4.98 Å². The number of aromatic nitrogens is 4. The Morgan fingerprint density at radius 2 is 1.67 bits per heavy atom. The number of fused-ring (bicyclic) bond motifs is 1. The lowest BCUT2D eigenvalue weighted by Crippen LogP contribution is -2.35. The predicted octanol–water partition coefficient (Wildman–Crippen LogP) is 2.96. The number of H-pyrrole nitrogens is 1. The lowest BCUT2D eigenvalue weighted by atomic mass is 10.1. The number of aryl methyl sites for hydroxylation is 1. The molecule has 30 heavy (non-hydrogen) atoms. The van der Waals surface area contributed by atoms with Crippen molar-refractivity contribution in [1.29, 1.82) is 0 Å². The predicted molar refractivity (Wildman–Crippen MR) is 118 cm³/mol. The van der Waals surface area contributed by atoms with Gasteiger partial charge in [0.15, 0.2) is 5.65 Å². The molecule has 0 unspecified atom stereocenters. The van der Waals surface area contributed by atoms with Crippen LogP contribution < -0.4 is 16.6 Å². The molecule has 4 aromatic rings. The first-order valence-electron chi connectivity index (χ1n) is 9.94. The van der Waals surface area contributed by atoms with Crippen molar-refractivity contribution < 1.29 is 0 Å². The summed E-state index contributed by atoms with van der Waals surface area (Å²) < 4.78 is 1.16. The summed E-state index contributed by atoms with van der Waals surface area (Å²) in [6, 6.07) is 19.8. The molecule has 4 rings (SSSR count). The summed E-state index contributed by atoms with van der Waals surface area (Å²) in [7, 11) is 0. The van der Waals surface area contributed by atoms with E-state index in [4.69, 9.17) is 0 Å². The number of nitrogens with one attached hydrogen (secondary N) is 2. The van der Waals surface area contributed by atoms with Gasteiger partial charge in [0, 0.05) is 12.2 Å². The minimum Gasteiger partial charge on any atom is -0.352 e. The van der Waals surface area contributed by atoms with Crippen molar-refractivity contribution >= 4 is 17.0 Å². The summed E-state index contributed by atoms with van der Waals surface area (Å²) in [5.74, 6) is 0.388.